The summed E-state index contributed by atoms with van der Waals surface area (Å²) in [5.41, 5.74) is 23.2. The maximum Gasteiger partial charge on any atom is 0.249 e. The summed E-state index contributed by atoms with van der Waals surface area (Å²) in [4.78, 5) is 12.8. The van der Waals surface area contributed by atoms with Crippen LogP contribution < -0.4 is 38.9 Å². The van der Waals surface area contributed by atoms with Gasteiger partial charge in [-0.3, -0.25) is 4.79 Å². The van der Waals surface area contributed by atoms with Gasteiger partial charge >= 0.3 is 0 Å². The summed E-state index contributed by atoms with van der Waals surface area (Å²) in [7, 11) is 1.60. The molecule has 0 spiro atoms. The molecule has 0 radical (unpaired) electrons. The van der Waals surface area contributed by atoms with E-state index in [-0.39, 0.29) is 32.0 Å². The van der Waals surface area contributed by atoms with Crippen molar-refractivity contribution in [3.63, 3.8) is 0 Å². The number of carbonyl (C=O) groups is 1. The summed E-state index contributed by atoms with van der Waals surface area (Å²) in [5.74, 6) is -0.128. The summed E-state index contributed by atoms with van der Waals surface area (Å²) in [5, 5.41) is 52.8. The molecular formula is C28H53N7O8. The molecule has 1 unspecified atom stereocenters. The highest BCUT2D eigenvalue weighted by Crippen LogP contribution is 2.36. The van der Waals surface area contributed by atoms with Crippen LogP contribution in [0, 0.1) is 11.8 Å². The average Bonchev–Trinajstić information content (AvgIpc) is 2.92. The summed E-state index contributed by atoms with van der Waals surface area (Å²) in [6, 6.07) is -2.49. The number of rotatable bonds is 12. The number of aliphatic hydroxyl groups is 4. The molecule has 15 heteroatoms. The molecule has 0 aromatic heterocycles. The fourth-order valence-electron chi connectivity index (χ4n) is 6.88. The molecule has 1 amide bonds. The first-order valence-corrected chi connectivity index (χ1v) is 15.4. The molecule has 2 heterocycles. The predicted molar refractivity (Wildman–Crippen MR) is 157 cm³/mol. The van der Waals surface area contributed by atoms with Gasteiger partial charge in [-0.15, -0.1) is 0 Å². The van der Waals surface area contributed by atoms with Crippen LogP contribution in [0.1, 0.15) is 39.0 Å². The van der Waals surface area contributed by atoms with Gasteiger partial charge in [0.15, 0.2) is 6.29 Å². The standard InChI is InChI=1S/C28H53N7O8/c1-28(40)12-41-27(22(38)25(28)33-2)43-24-18(35-26(39)19(36)5-6-29)9-17(32)20(21(24)37)23-16(31)4-3-15(42-23)11-34-10-13-7-14(30)8-13/h3,13-14,16-25,27,33-34,36-38,40H,4-12,29-32H2,1-2H3,(H,35,39)/t13-,14-,16-,17+,18-,19+,20-,21+,22-,23?,24+,25-,27-,28+/m1/s1. The second-order valence-electron chi connectivity index (χ2n) is 13.0. The van der Waals surface area contributed by atoms with Crippen molar-refractivity contribution in [2.24, 2.45) is 34.8 Å². The van der Waals surface area contributed by atoms with Gasteiger partial charge in [-0.1, -0.05) is 0 Å². The van der Waals surface area contributed by atoms with Crippen molar-refractivity contribution in [1.29, 1.82) is 0 Å². The van der Waals surface area contributed by atoms with Crippen LogP contribution >= 0.6 is 0 Å². The van der Waals surface area contributed by atoms with Gasteiger partial charge in [0, 0.05) is 24.0 Å². The highest BCUT2D eigenvalue weighted by molar-refractivity contribution is 5.80. The van der Waals surface area contributed by atoms with E-state index < -0.39 is 78.4 Å². The van der Waals surface area contributed by atoms with Gasteiger partial charge in [0.1, 0.15) is 35.8 Å². The molecule has 2 saturated carbocycles. The smallest absolute Gasteiger partial charge is 0.249 e. The van der Waals surface area contributed by atoms with E-state index in [4.69, 9.17) is 37.1 Å². The number of nitrogens with one attached hydrogen (secondary N) is 3. The molecule has 2 aliphatic heterocycles. The van der Waals surface area contributed by atoms with Crippen molar-refractivity contribution in [3.05, 3.63) is 11.8 Å². The number of nitrogens with two attached hydrogens (primary N) is 4. The van der Waals surface area contributed by atoms with E-state index in [2.05, 4.69) is 16.0 Å². The number of amides is 1. The lowest BCUT2D eigenvalue weighted by atomic mass is 9.72. The summed E-state index contributed by atoms with van der Waals surface area (Å²) in [6.45, 7) is 2.81. The van der Waals surface area contributed by atoms with Gasteiger partial charge in [-0.2, -0.15) is 0 Å². The van der Waals surface area contributed by atoms with Gasteiger partial charge in [0.05, 0.1) is 31.3 Å². The second-order valence-corrected chi connectivity index (χ2v) is 13.0. The van der Waals surface area contributed by atoms with Crippen molar-refractivity contribution in [2.75, 3.05) is 33.3 Å². The molecule has 15 nitrogen and oxygen atoms in total. The van der Waals surface area contributed by atoms with Crippen molar-refractivity contribution in [1.82, 2.24) is 16.0 Å². The lowest BCUT2D eigenvalue weighted by molar-refractivity contribution is -0.297. The van der Waals surface area contributed by atoms with Crippen LogP contribution in [0.25, 0.3) is 0 Å². The zero-order chi connectivity index (χ0) is 31.5. The van der Waals surface area contributed by atoms with Gasteiger partial charge in [-0.05, 0) is 71.2 Å². The Bertz CT molecular complexity index is 954. The van der Waals surface area contributed by atoms with E-state index in [9.17, 15) is 25.2 Å². The highest BCUT2D eigenvalue weighted by atomic mass is 16.7. The molecule has 0 bridgehead atoms. The van der Waals surface area contributed by atoms with Gasteiger partial charge in [0.2, 0.25) is 5.91 Å². The first-order chi connectivity index (χ1) is 20.4. The maximum absolute atomic E-state index is 12.8. The predicted octanol–water partition coefficient (Wildman–Crippen LogP) is -4.34. The molecule has 0 aromatic carbocycles. The maximum atomic E-state index is 12.8. The Morgan fingerprint density at radius 2 is 1.91 bits per heavy atom. The molecule has 4 rings (SSSR count). The van der Waals surface area contributed by atoms with E-state index in [1.807, 2.05) is 6.08 Å². The molecule has 248 valence electrons. The third kappa shape index (κ3) is 8.04. The summed E-state index contributed by atoms with van der Waals surface area (Å²) >= 11 is 0. The summed E-state index contributed by atoms with van der Waals surface area (Å²) in [6.07, 6.45) is -2.33. The number of carbonyl (C=O) groups excluding carboxylic acids is 1. The second kappa shape index (κ2) is 14.7. The van der Waals surface area contributed by atoms with E-state index >= 15 is 0 Å². The lowest BCUT2D eigenvalue weighted by Crippen LogP contribution is -2.69. The Balaban J connectivity index is 1.50. The molecule has 4 aliphatic rings. The van der Waals surface area contributed by atoms with Gasteiger partial charge in [0.25, 0.3) is 0 Å². The van der Waals surface area contributed by atoms with Crippen LogP contribution in [0.5, 0.6) is 0 Å². The average molecular weight is 616 g/mol. The zero-order valence-corrected chi connectivity index (χ0v) is 25.2. The molecule has 2 aliphatic carbocycles. The first-order valence-electron chi connectivity index (χ1n) is 15.4. The molecule has 43 heavy (non-hydrogen) atoms. The highest BCUT2D eigenvalue weighted by Gasteiger charge is 2.53. The van der Waals surface area contributed by atoms with Crippen LogP contribution in [0.2, 0.25) is 0 Å². The zero-order valence-electron chi connectivity index (χ0n) is 25.2. The Morgan fingerprint density at radius 3 is 2.56 bits per heavy atom. The van der Waals surface area contributed by atoms with Crippen molar-refractivity contribution in [2.45, 2.75) is 112 Å². The van der Waals surface area contributed by atoms with Crippen molar-refractivity contribution < 1.29 is 39.4 Å². The SMILES string of the molecule is CN[C@@H]1[C@@H](O)[C@@H](O[C@@H]2[C@@H](O)[C@H](C3OC(CNC[C@H]4C[C@H](N)C4)=CC[C@H]3N)[C@@H](N)C[C@H]2NC(=O)[C@@H](O)CCN)OC[C@]1(C)O. The van der Waals surface area contributed by atoms with Crippen LogP contribution in [0.15, 0.2) is 11.8 Å². The lowest BCUT2D eigenvalue weighted by Gasteiger charge is -2.50. The Morgan fingerprint density at radius 1 is 1.19 bits per heavy atom. The van der Waals surface area contributed by atoms with Crippen molar-refractivity contribution >= 4 is 5.91 Å². The summed E-state index contributed by atoms with van der Waals surface area (Å²) < 4.78 is 18.2. The first kappa shape index (κ1) is 34.4. The minimum atomic E-state index is -1.38. The Labute approximate surface area is 253 Å². The van der Waals surface area contributed by atoms with Gasteiger partial charge in [-0.25, -0.2) is 0 Å². The monoisotopic (exact) mass is 615 g/mol. The van der Waals surface area contributed by atoms with E-state index in [0.29, 0.717) is 24.6 Å². The van der Waals surface area contributed by atoms with E-state index in [1.165, 1.54) is 6.92 Å². The molecule has 3 fully saturated rings. The van der Waals surface area contributed by atoms with E-state index in [1.54, 1.807) is 7.05 Å². The van der Waals surface area contributed by atoms with Crippen LogP contribution in [-0.4, -0.2) is 132 Å². The van der Waals surface area contributed by atoms with E-state index in [0.717, 1.165) is 19.4 Å². The molecular weight excluding hydrogens is 562 g/mol. The topological polar surface area (TPSA) is 266 Å². The molecule has 12 atom stereocenters. The number of likely N-dealkylation sites (N-methyl/N-ethyl adjacent to an activating group) is 1. The molecule has 0 aromatic rings. The number of aliphatic hydroxyl groups excluding tert-OH is 3. The molecule has 1 saturated heterocycles. The minimum Gasteiger partial charge on any atom is -0.492 e. The number of hydrogen-bond acceptors (Lipinski definition) is 14. The third-order valence-electron chi connectivity index (χ3n) is 9.36. The van der Waals surface area contributed by atoms with Crippen molar-refractivity contribution in [3.8, 4) is 0 Å². The minimum absolute atomic E-state index is 0.0478. The normalized spacial score (nSPS) is 44.1. The fraction of sp³-hybridized carbons (Fsp3) is 0.893. The van der Waals surface area contributed by atoms with Crippen LogP contribution in [0.4, 0.5) is 0 Å². The van der Waals surface area contributed by atoms with Crippen LogP contribution in [0.3, 0.4) is 0 Å². The number of hydrogen-bond donors (Lipinski definition) is 11. The van der Waals surface area contributed by atoms with Gasteiger partial charge < -0.3 is 73.5 Å². The largest absolute Gasteiger partial charge is 0.492 e. The quantitative estimate of drug-likeness (QED) is 0.0991. The molecule has 15 N–H and O–H groups in total. The third-order valence-corrected chi connectivity index (χ3v) is 9.36. The van der Waals surface area contributed by atoms with Crippen LogP contribution in [-0.2, 0) is 19.0 Å². The fourth-order valence-corrected chi connectivity index (χ4v) is 6.88. The Hall–Kier alpha value is -1.47. The Kier molecular flexibility index (Phi) is 11.8. The number of ether oxygens (including phenoxy) is 3.